The van der Waals surface area contributed by atoms with Crippen LogP contribution in [0.2, 0.25) is 0 Å². The molecule has 1 aliphatic rings. The van der Waals surface area contributed by atoms with E-state index in [4.69, 9.17) is 4.74 Å². The van der Waals surface area contributed by atoms with E-state index in [0.717, 1.165) is 6.42 Å². The molecule has 2 nitrogen and oxygen atoms in total. The molecule has 0 saturated carbocycles. The number of ether oxygens (including phenoxy) is 1. The van der Waals surface area contributed by atoms with Crippen LogP contribution in [-0.4, -0.2) is 13.0 Å². The molecule has 0 atom stereocenters. The lowest BCUT2D eigenvalue weighted by Gasteiger charge is -2.40. The zero-order chi connectivity index (χ0) is 14.9. The molecule has 4 heteroatoms. The van der Waals surface area contributed by atoms with Crippen LogP contribution in [0.15, 0.2) is 48.5 Å². The minimum absolute atomic E-state index is 0.486. The summed E-state index contributed by atoms with van der Waals surface area (Å²) >= 11 is 0. The maximum absolute atomic E-state index is 14.1. The quantitative estimate of drug-likeness (QED) is 0.906. The Kier molecular flexibility index (Phi) is 3.64. The predicted molar refractivity (Wildman–Crippen MR) is 78.0 cm³/mol. The Morgan fingerprint density at radius 1 is 1.00 bits per heavy atom. The van der Waals surface area contributed by atoms with Crippen LogP contribution in [0, 0.1) is 0 Å². The van der Waals surface area contributed by atoms with E-state index in [1.165, 1.54) is 0 Å². The Morgan fingerprint density at radius 3 is 2.00 bits per heavy atom. The van der Waals surface area contributed by atoms with Crippen LogP contribution in [0.1, 0.15) is 24.5 Å². The highest BCUT2D eigenvalue weighted by atomic mass is 19.3. The van der Waals surface area contributed by atoms with Gasteiger partial charge in [0.05, 0.1) is 0 Å². The maximum Gasteiger partial charge on any atom is 0.265 e. The number of fused-ring (bicyclic) bond motifs is 2. The van der Waals surface area contributed by atoms with Gasteiger partial charge in [-0.25, -0.2) is 8.78 Å². The van der Waals surface area contributed by atoms with Crippen molar-refractivity contribution in [3.63, 3.8) is 0 Å². The van der Waals surface area contributed by atoms with Gasteiger partial charge in [0.25, 0.3) is 6.43 Å². The average molecular weight is 289 g/mol. The molecule has 1 aliphatic heterocycles. The van der Waals surface area contributed by atoms with Gasteiger partial charge in [0.15, 0.2) is 0 Å². The third kappa shape index (κ3) is 2.10. The second kappa shape index (κ2) is 5.45. The molecule has 21 heavy (non-hydrogen) atoms. The fraction of sp³-hybridized carbons (Fsp3) is 0.294. The van der Waals surface area contributed by atoms with Crippen molar-refractivity contribution >= 4 is 0 Å². The summed E-state index contributed by atoms with van der Waals surface area (Å²) < 4.78 is 34.1. The molecule has 1 N–H and O–H groups in total. The molecule has 2 aromatic carbocycles. The van der Waals surface area contributed by atoms with Gasteiger partial charge in [-0.2, -0.15) is 0 Å². The fourth-order valence-electron chi connectivity index (χ4n) is 2.85. The van der Waals surface area contributed by atoms with Crippen LogP contribution in [0.5, 0.6) is 11.5 Å². The molecule has 0 saturated heterocycles. The minimum Gasteiger partial charge on any atom is -0.457 e. The zero-order valence-corrected chi connectivity index (χ0v) is 11.8. The molecule has 3 rings (SSSR count). The summed E-state index contributed by atoms with van der Waals surface area (Å²) in [6, 6.07) is 14.0. The summed E-state index contributed by atoms with van der Waals surface area (Å²) in [7, 11) is 0. The fourth-order valence-corrected chi connectivity index (χ4v) is 2.85. The Labute approximate surface area is 122 Å². The summed E-state index contributed by atoms with van der Waals surface area (Å²) in [5.74, 6) is 0.972. The highest BCUT2D eigenvalue weighted by molar-refractivity contribution is 5.57. The predicted octanol–water partition coefficient (Wildman–Crippen LogP) is 4.30. The third-order valence-corrected chi connectivity index (χ3v) is 3.82. The van der Waals surface area contributed by atoms with Crippen LogP contribution in [-0.2, 0) is 5.54 Å². The van der Waals surface area contributed by atoms with E-state index >= 15 is 0 Å². The number of para-hydroxylation sites is 2. The molecule has 110 valence electrons. The van der Waals surface area contributed by atoms with Crippen molar-refractivity contribution in [2.45, 2.75) is 25.3 Å². The second-order valence-electron chi connectivity index (χ2n) is 5.13. The van der Waals surface area contributed by atoms with Gasteiger partial charge in [-0.15, -0.1) is 0 Å². The van der Waals surface area contributed by atoms with Gasteiger partial charge < -0.3 is 4.74 Å². The standard InChI is InChI=1S/C17H17F2NO/c1-2-11-20-17(16(18)19)12-7-3-5-9-14(12)21-15-10-6-4-8-13(15)17/h3-10,16,20H,2,11H2,1H3. The van der Waals surface area contributed by atoms with Crippen molar-refractivity contribution in [3.8, 4) is 11.5 Å². The molecular formula is C17H17F2NO. The highest BCUT2D eigenvalue weighted by Crippen LogP contribution is 2.49. The smallest absolute Gasteiger partial charge is 0.265 e. The van der Waals surface area contributed by atoms with Gasteiger partial charge in [0.2, 0.25) is 0 Å². The van der Waals surface area contributed by atoms with Crippen molar-refractivity contribution in [1.82, 2.24) is 5.32 Å². The molecule has 0 fully saturated rings. The van der Waals surface area contributed by atoms with Gasteiger partial charge >= 0.3 is 0 Å². The SMILES string of the molecule is CCCNC1(C(F)F)c2ccccc2Oc2ccccc21. The normalized spacial score (nSPS) is 15.2. The van der Waals surface area contributed by atoms with E-state index in [-0.39, 0.29) is 0 Å². The molecule has 0 radical (unpaired) electrons. The van der Waals surface area contributed by atoms with Gasteiger partial charge in [-0.3, -0.25) is 5.32 Å². The zero-order valence-electron chi connectivity index (χ0n) is 11.8. The first-order valence-corrected chi connectivity index (χ1v) is 7.10. The van der Waals surface area contributed by atoms with Crippen LogP contribution in [0.25, 0.3) is 0 Å². The lowest BCUT2D eigenvalue weighted by Crippen LogP contribution is -2.51. The van der Waals surface area contributed by atoms with Crippen LogP contribution in [0.3, 0.4) is 0 Å². The van der Waals surface area contributed by atoms with Crippen LogP contribution in [0.4, 0.5) is 8.78 Å². The Bertz CT molecular complexity index is 597. The third-order valence-electron chi connectivity index (χ3n) is 3.82. The van der Waals surface area contributed by atoms with Gasteiger partial charge in [0.1, 0.15) is 17.0 Å². The summed E-state index contributed by atoms with van der Waals surface area (Å²) in [5.41, 5.74) is -0.527. The summed E-state index contributed by atoms with van der Waals surface area (Å²) in [5, 5.41) is 3.07. The number of benzene rings is 2. The molecule has 0 aliphatic carbocycles. The summed E-state index contributed by atoms with van der Waals surface area (Å²) in [6.45, 7) is 2.47. The van der Waals surface area contributed by atoms with Crippen molar-refractivity contribution in [2.24, 2.45) is 0 Å². The Morgan fingerprint density at radius 2 is 1.52 bits per heavy atom. The molecule has 2 aromatic rings. The molecule has 1 heterocycles. The first kappa shape index (κ1) is 14.0. The minimum atomic E-state index is -2.57. The number of hydrogen-bond acceptors (Lipinski definition) is 2. The van der Waals surface area contributed by atoms with E-state index in [2.05, 4.69) is 5.32 Å². The summed E-state index contributed by atoms with van der Waals surface area (Å²) in [4.78, 5) is 0. The molecule has 0 spiro atoms. The van der Waals surface area contributed by atoms with E-state index < -0.39 is 12.0 Å². The first-order valence-electron chi connectivity index (χ1n) is 7.10. The maximum atomic E-state index is 14.1. The molecule has 0 aromatic heterocycles. The number of nitrogens with one attached hydrogen (secondary N) is 1. The number of halogens is 2. The van der Waals surface area contributed by atoms with Crippen molar-refractivity contribution in [1.29, 1.82) is 0 Å². The lowest BCUT2D eigenvalue weighted by atomic mass is 9.80. The largest absolute Gasteiger partial charge is 0.457 e. The van der Waals surface area contributed by atoms with E-state index in [9.17, 15) is 8.78 Å². The molecular weight excluding hydrogens is 272 g/mol. The average Bonchev–Trinajstić information content (AvgIpc) is 2.51. The highest BCUT2D eigenvalue weighted by Gasteiger charge is 2.48. The van der Waals surface area contributed by atoms with E-state index in [1.54, 1.807) is 48.5 Å². The van der Waals surface area contributed by atoms with Crippen LogP contribution >= 0.6 is 0 Å². The van der Waals surface area contributed by atoms with Crippen molar-refractivity contribution < 1.29 is 13.5 Å². The first-order chi connectivity index (χ1) is 10.2. The second-order valence-corrected chi connectivity index (χ2v) is 5.13. The van der Waals surface area contributed by atoms with E-state index in [0.29, 0.717) is 29.2 Å². The molecule has 0 amide bonds. The van der Waals surface area contributed by atoms with Crippen molar-refractivity contribution in [3.05, 3.63) is 59.7 Å². The molecule has 0 bridgehead atoms. The van der Waals surface area contributed by atoms with Gasteiger partial charge in [0, 0.05) is 11.1 Å². The summed E-state index contributed by atoms with van der Waals surface area (Å²) in [6.07, 6.45) is -1.80. The van der Waals surface area contributed by atoms with Crippen LogP contribution < -0.4 is 10.1 Å². The Balaban J connectivity index is 2.25. The van der Waals surface area contributed by atoms with Crippen molar-refractivity contribution in [2.75, 3.05) is 6.54 Å². The van der Waals surface area contributed by atoms with Gasteiger partial charge in [-0.1, -0.05) is 43.3 Å². The van der Waals surface area contributed by atoms with Gasteiger partial charge in [-0.05, 0) is 25.1 Å². The van der Waals surface area contributed by atoms with E-state index in [1.807, 2.05) is 6.92 Å². The topological polar surface area (TPSA) is 21.3 Å². The number of alkyl halides is 2. The molecule has 0 unspecified atom stereocenters. The Hall–Kier alpha value is -1.94. The monoisotopic (exact) mass is 289 g/mol. The lowest BCUT2D eigenvalue weighted by molar-refractivity contribution is 0.0458. The number of rotatable bonds is 4. The number of hydrogen-bond donors (Lipinski definition) is 1.